The minimum Gasteiger partial charge on any atom is -0.500 e. The van der Waals surface area contributed by atoms with E-state index in [2.05, 4.69) is 25.7 Å². The van der Waals surface area contributed by atoms with Gasteiger partial charge in [0.1, 0.15) is 5.76 Å². The van der Waals surface area contributed by atoms with Gasteiger partial charge in [-0.15, -0.1) is 0 Å². The summed E-state index contributed by atoms with van der Waals surface area (Å²) < 4.78 is 5.07. The van der Waals surface area contributed by atoms with Crippen molar-refractivity contribution in [3.63, 3.8) is 0 Å². The van der Waals surface area contributed by atoms with Crippen LogP contribution in [0.3, 0.4) is 0 Å². The number of ether oxygens (including phenoxy) is 1. The van der Waals surface area contributed by atoms with Crippen molar-refractivity contribution in [2.24, 2.45) is 0 Å². The lowest BCUT2D eigenvalue weighted by molar-refractivity contribution is 0.290. The van der Waals surface area contributed by atoms with Crippen molar-refractivity contribution in [2.45, 2.75) is 34.6 Å². The summed E-state index contributed by atoms with van der Waals surface area (Å²) in [7, 11) is 1.66. The molecular weight excluding hydrogens is 160 g/mol. The molecule has 0 heterocycles. The van der Waals surface area contributed by atoms with Gasteiger partial charge in [0, 0.05) is 5.57 Å². The summed E-state index contributed by atoms with van der Waals surface area (Å²) in [6.07, 6.45) is 0. The molecule has 0 aliphatic heterocycles. The molecule has 0 amide bonds. The maximum absolute atomic E-state index is 5.07. The van der Waals surface area contributed by atoms with Gasteiger partial charge < -0.3 is 4.74 Å². The third kappa shape index (κ3) is 4.42. The Morgan fingerprint density at radius 3 is 1.69 bits per heavy atom. The van der Waals surface area contributed by atoms with Crippen LogP contribution in [-0.4, -0.2) is 7.11 Å². The number of hydrogen-bond acceptors (Lipinski definition) is 1. The van der Waals surface area contributed by atoms with E-state index >= 15 is 0 Å². The van der Waals surface area contributed by atoms with Crippen molar-refractivity contribution in [1.29, 1.82) is 0 Å². The lowest BCUT2D eigenvalue weighted by Crippen LogP contribution is -1.84. The van der Waals surface area contributed by atoms with E-state index in [-0.39, 0.29) is 0 Å². The Labute approximate surface area is 81.5 Å². The highest BCUT2D eigenvalue weighted by Crippen LogP contribution is 2.04. The molecule has 0 aromatic carbocycles. The Bertz CT molecular complexity index is 291. The van der Waals surface area contributed by atoms with Crippen LogP contribution in [0.1, 0.15) is 34.6 Å². The second-order valence-electron chi connectivity index (χ2n) is 3.26. The Kier molecular flexibility index (Phi) is 4.99. The van der Waals surface area contributed by atoms with Crippen LogP contribution in [0, 0.1) is 11.8 Å². The van der Waals surface area contributed by atoms with Crippen molar-refractivity contribution in [3.8, 4) is 11.8 Å². The fraction of sp³-hybridized carbons (Fsp3) is 0.500. The van der Waals surface area contributed by atoms with Crippen LogP contribution in [0.25, 0.3) is 0 Å². The first-order valence-corrected chi connectivity index (χ1v) is 4.36. The summed E-state index contributed by atoms with van der Waals surface area (Å²) in [5.41, 5.74) is 3.38. The summed E-state index contributed by atoms with van der Waals surface area (Å²) in [6, 6.07) is 0. The van der Waals surface area contributed by atoms with Gasteiger partial charge in [-0.05, 0) is 40.2 Å². The van der Waals surface area contributed by atoms with E-state index in [4.69, 9.17) is 4.74 Å². The maximum atomic E-state index is 5.07. The number of methoxy groups -OCH3 is 1. The van der Waals surface area contributed by atoms with Gasteiger partial charge in [-0.2, -0.15) is 0 Å². The second-order valence-corrected chi connectivity index (χ2v) is 3.26. The van der Waals surface area contributed by atoms with Gasteiger partial charge >= 0.3 is 0 Å². The van der Waals surface area contributed by atoms with E-state index in [0.717, 1.165) is 16.9 Å². The van der Waals surface area contributed by atoms with E-state index in [0.29, 0.717) is 0 Å². The van der Waals surface area contributed by atoms with Crippen molar-refractivity contribution in [2.75, 3.05) is 7.11 Å². The fourth-order valence-corrected chi connectivity index (χ4v) is 0.554. The highest BCUT2D eigenvalue weighted by atomic mass is 16.5. The third-order valence-corrected chi connectivity index (χ3v) is 2.02. The molecule has 0 unspecified atom stereocenters. The first-order valence-electron chi connectivity index (χ1n) is 4.36. The van der Waals surface area contributed by atoms with Crippen LogP contribution >= 0.6 is 0 Å². The quantitative estimate of drug-likeness (QED) is 0.442. The van der Waals surface area contributed by atoms with E-state index in [1.807, 2.05) is 20.8 Å². The topological polar surface area (TPSA) is 9.23 Å². The van der Waals surface area contributed by atoms with Crippen molar-refractivity contribution in [1.82, 2.24) is 0 Å². The molecule has 0 bridgehead atoms. The summed E-state index contributed by atoms with van der Waals surface area (Å²) in [5, 5.41) is 0. The normalized spacial score (nSPS) is 10.9. The zero-order valence-corrected chi connectivity index (χ0v) is 9.41. The molecule has 0 saturated carbocycles. The van der Waals surface area contributed by atoms with Crippen molar-refractivity contribution in [3.05, 3.63) is 22.5 Å². The van der Waals surface area contributed by atoms with Gasteiger partial charge in [0.2, 0.25) is 0 Å². The molecule has 0 aliphatic rings. The highest BCUT2D eigenvalue weighted by molar-refractivity contribution is 5.38. The van der Waals surface area contributed by atoms with Gasteiger partial charge in [0.25, 0.3) is 0 Å². The Morgan fingerprint density at radius 1 is 0.846 bits per heavy atom. The average Bonchev–Trinajstić information content (AvgIpc) is 2.11. The van der Waals surface area contributed by atoms with Crippen LogP contribution in [0.4, 0.5) is 0 Å². The predicted molar refractivity (Wildman–Crippen MR) is 57.2 cm³/mol. The minimum atomic E-state index is 0.883. The molecule has 0 atom stereocenters. The molecule has 72 valence electrons. The molecule has 0 aliphatic carbocycles. The Hall–Kier alpha value is -1.16. The molecular formula is C12H18O. The van der Waals surface area contributed by atoms with Crippen LogP contribution in [0.2, 0.25) is 0 Å². The molecule has 0 aromatic heterocycles. The fourth-order valence-electron chi connectivity index (χ4n) is 0.554. The van der Waals surface area contributed by atoms with Crippen LogP contribution < -0.4 is 0 Å². The first-order chi connectivity index (χ1) is 5.99. The van der Waals surface area contributed by atoms with Crippen LogP contribution in [-0.2, 0) is 4.74 Å². The van der Waals surface area contributed by atoms with E-state index in [1.54, 1.807) is 7.11 Å². The zero-order valence-electron chi connectivity index (χ0n) is 9.41. The van der Waals surface area contributed by atoms with E-state index < -0.39 is 0 Å². The highest BCUT2D eigenvalue weighted by Gasteiger charge is 1.90. The number of hydrogen-bond donors (Lipinski definition) is 0. The molecule has 0 fully saturated rings. The Balaban J connectivity index is 4.72. The second kappa shape index (κ2) is 5.48. The standard InChI is InChI=1S/C12H18O/c1-9(2)10(3)7-8-11(4)12(5)13-6/h1-6H3. The molecule has 1 heteroatoms. The SMILES string of the molecule is COC(C)=C(C)C#CC(C)=C(C)C. The molecule has 1 nitrogen and oxygen atoms in total. The first kappa shape index (κ1) is 11.8. The summed E-state index contributed by atoms with van der Waals surface area (Å²) >= 11 is 0. The van der Waals surface area contributed by atoms with Crippen LogP contribution in [0.5, 0.6) is 0 Å². The molecule has 0 radical (unpaired) electrons. The largest absolute Gasteiger partial charge is 0.500 e. The van der Waals surface area contributed by atoms with Gasteiger partial charge in [-0.3, -0.25) is 0 Å². The Morgan fingerprint density at radius 2 is 1.31 bits per heavy atom. The molecule has 0 spiro atoms. The monoisotopic (exact) mass is 178 g/mol. The average molecular weight is 178 g/mol. The molecule has 0 aromatic rings. The molecule has 0 rings (SSSR count). The number of allylic oxidation sites excluding steroid dienone is 4. The van der Waals surface area contributed by atoms with E-state index in [9.17, 15) is 0 Å². The predicted octanol–water partition coefficient (Wildman–Crippen LogP) is 3.29. The van der Waals surface area contributed by atoms with Gasteiger partial charge in [-0.1, -0.05) is 17.4 Å². The third-order valence-electron chi connectivity index (χ3n) is 2.02. The number of rotatable bonds is 1. The summed E-state index contributed by atoms with van der Waals surface area (Å²) in [6.45, 7) is 10.0. The molecule has 0 N–H and O–H groups in total. The molecule has 13 heavy (non-hydrogen) atoms. The van der Waals surface area contributed by atoms with Gasteiger partial charge in [0.05, 0.1) is 7.11 Å². The van der Waals surface area contributed by atoms with Crippen molar-refractivity contribution >= 4 is 0 Å². The molecule has 0 saturated heterocycles. The lowest BCUT2D eigenvalue weighted by Gasteiger charge is -1.99. The summed E-state index contributed by atoms with van der Waals surface area (Å²) in [5.74, 6) is 7.03. The van der Waals surface area contributed by atoms with Crippen LogP contribution in [0.15, 0.2) is 22.5 Å². The van der Waals surface area contributed by atoms with Crippen molar-refractivity contribution < 1.29 is 4.74 Å². The lowest BCUT2D eigenvalue weighted by atomic mass is 10.1. The minimum absolute atomic E-state index is 0.883. The summed E-state index contributed by atoms with van der Waals surface area (Å²) in [4.78, 5) is 0. The smallest absolute Gasteiger partial charge is 0.104 e. The van der Waals surface area contributed by atoms with Gasteiger partial charge in [0.15, 0.2) is 0 Å². The van der Waals surface area contributed by atoms with E-state index in [1.165, 1.54) is 5.57 Å². The van der Waals surface area contributed by atoms with Gasteiger partial charge in [-0.25, -0.2) is 0 Å². The zero-order chi connectivity index (χ0) is 10.4. The maximum Gasteiger partial charge on any atom is 0.104 e.